The van der Waals surface area contributed by atoms with Gasteiger partial charge in [-0.3, -0.25) is 10.3 Å². The van der Waals surface area contributed by atoms with E-state index in [0.29, 0.717) is 48.0 Å². The molecule has 0 amide bonds. The Balaban J connectivity index is 1.26. The minimum Gasteiger partial charge on any atom is -0.486 e. The molecule has 1 unspecified atom stereocenters. The van der Waals surface area contributed by atoms with Crippen molar-refractivity contribution in [1.29, 1.82) is 0 Å². The van der Waals surface area contributed by atoms with Crippen molar-refractivity contribution in [3.05, 3.63) is 70.5 Å². The van der Waals surface area contributed by atoms with E-state index in [4.69, 9.17) is 24.2 Å². The van der Waals surface area contributed by atoms with Gasteiger partial charge in [0.15, 0.2) is 16.6 Å². The van der Waals surface area contributed by atoms with Crippen LogP contribution in [0.25, 0.3) is 0 Å². The number of thiazole rings is 1. The van der Waals surface area contributed by atoms with Gasteiger partial charge in [-0.1, -0.05) is 29.5 Å². The van der Waals surface area contributed by atoms with Gasteiger partial charge in [0.25, 0.3) is 0 Å². The highest BCUT2D eigenvalue weighted by Gasteiger charge is 2.28. The van der Waals surface area contributed by atoms with E-state index in [1.54, 1.807) is 20.0 Å². The van der Waals surface area contributed by atoms with Crippen molar-refractivity contribution in [2.75, 3.05) is 41.8 Å². The van der Waals surface area contributed by atoms with Crippen LogP contribution >= 0.6 is 11.3 Å². The molecule has 2 aliphatic rings. The maximum absolute atomic E-state index is 12.3. The number of para-hydroxylation sites is 2. The highest BCUT2D eigenvalue weighted by Crippen LogP contribution is 2.35. The zero-order chi connectivity index (χ0) is 27.5. The first-order valence-electron chi connectivity index (χ1n) is 13.2. The van der Waals surface area contributed by atoms with Crippen LogP contribution in [0.3, 0.4) is 0 Å². The van der Waals surface area contributed by atoms with Crippen LogP contribution in [0, 0.1) is 6.92 Å². The first-order chi connectivity index (χ1) is 19.6. The number of pyridine rings is 1. The van der Waals surface area contributed by atoms with Crippen LogP contribution in [0.4, 0.5) is 22.7 Å². The molecule has 11 nitrogen and oxygen atoms in total. The predicted molar refractivity (Wildman–Crippen MR) is 152 cm³/mol. The molecule has 1 aromatic carbocycles. The average Bonchev–Trinajstić information content (AvgIpc) is 3.55. The lowest BCUT2D eigenvalue weighted by Crippen LogP contribution is -2.35. The summed E-state index contributed by atoms with van der Waals surface area (Å²) in [4.78, 5) is 33.4. The summed E-state index contributed by atoms with van der Waals surface area (Å²) in [6.45, 7) is 6.28. The van der Waals surface area contributed by atoms with E-state index in [1.807, 2.05) is 36.5 Å². The zero-order valence-corrected chi connectivity index (χ0v) is 23.0. The number of nitrogens with one attached hydrogen (secondary N) is 2. The molecule has 2 N–H and O–H groups in total. The van der Waals surface area contributed by atoms with Gasteiger partial charge in [0.2, 0.25) is 5.95 Å². The van der Waals surface area contributed by atoms with E-state index >= 15 is 0 Å². The maximum Gasteiger partial charge on any atom is 0.350 e. The van der Waals surface area contributed by atoms with Gasteiger partial charge >= 0.3 is 5.97 Å². The minimum absolute atomic E-state index is 0.182. The summed E-state index contributed by atoms with van der Waals surface area (Å²) in [5, 5.41) is 7.21. The molecule has 2 aliphatic heterocycles. The van der Waals surface area contributed by atoms with Crippen LogP contribution in [-0.2, 0) is 17.7 Å². The van der Waals surface area contributed by atoms with Crippen molar-refractivity contribution in [3.63, 3.8) is 0 Å². The fourth-order valence-corrected chi connectivity index (χ4v) is 5.54. The first-order valence-corrected chi connectivity index (χ1v) is 14.0. The number of aryl methyl sites for hydroxylation is 1. The highest BCUT2D eigenvalue weighted by molar-refractivity contribution is 7.17. The van der Waals surface area contributed by atoms with Crippen LogP contribution in [-0.4, -0.2) is 58.3 Å². The third-order valence-electron chi connectivity index (χ3n) is 6.55. The number of hydrogen-bond donors (Lipinski definition) is 2. The van der Waals surface area contributed by atoms with E-state index in [2.05, 4.69) is 31.6 Å². The maximum atomic E-state index is 12.3. The number of carbonyl (C=O) groups excluding carboxylic acids is 1. The Kier molecular flexibility index (Phi) is 7.32. The van der Waals surface area contributed by atoms with Gasteiger partial charge in [0.05, 0.1) is 18.8 Å². The summed E-state index contributed by atoms with van der Waals surface area (Å²) in [6.07, 6.45) is 4.25. The molecule has 12 heteroatoms. The third-order valence-corrected chi connectivity index (χ3v) is 7.61. The number of esters is 1. The molecule has 0 saturated heterocycles. The van der Waals surface area contributed by atoms with Crippen LogP contribution in [0.5, 0.6) is 11.5 Å². The molecule has 0 bridgehead atoms. The van der Waals surface area contributed by atoms with Crippen molar-refractivity contribution in [1.82, 2.24) is 19.9 Å². The topological polar surface area (TPSA) is 124 Å². The Morgan fingerprint density at radius 1 is 1.18 bits per heavy atom. The smallest absolute Gasteiger partial charge is 0.350 e. The summed E-state index contributed by atoms with van der Waals surface area (Å²) in [5.41, 5.74) is 2.73. The molecule has 0 aliphatic carbocycles. The van der Waals surface area contributed by atoms with Gasteiger partial charge in [-0.2, -0.15) is 9.97 Å². The van der Waals surface area contributed by atoms with Crippen molar-refractivity contribution < 1.29 is 19.0 Å². The SMILES string of the molecule is CCOC(=O)c1sc(Nc2nc(NCC3COc4ccccc4O3)c3c(n2)N(Cc2cccnc2)CC3)nc1C. The van der Waals surface area contributed by atoms with E-state index in [9.17, 15) is 4.79 Å². The number of benzene rings is 1. The lowest BCUT2D eigenvalue weighted by atomic mass is 10.2. The summed E-state index contributed by atoms with van der Waals surface area (Å²) < 4.78 is 17.2. The number of nitrogens with zero attached hydrogens (tertiary/aromatic N) is 5. The van der Waals surface area contributed by atoms with Crippen molar-refractivity contribution in [2.24, 2.45) is 0 Å². The molecule has 0 radical (unpaired) electrons. The molecule has 4 aromatic rings. The van der Waals surface area contributed by atoms with Crippen LogP contribution in [0.15, 0.2) is 48.8 Å². The van der Waals surface area contributed by atoms with Gasteiger partial charge in [-0.25, -0.2) is 9.78 Å². The van der Waals surface area contributed by atoms with E-state index in [0.717, 1.165) is 47.2 Å². The van der Waals surface area contributed by atoms with Gasteiger partial charge in [-0.05, 0) is 44.0 Å². The number of hydrogen-bond acceptors (Lipinski definition) is 12. The van der Waals surface area contributed by atoms with Crippen molar-refractivity contribution >= 4 is 40.0 Å². The van der Waals surface area contributed by atoms with Crippen LogP contribution in [0.2, 0.25) is 0 Å². The van der Waals surface area contributed by atoms with Crippen LogP contribution < -0.4 is 25.0 Å². The fraction of sp³-hybridized carbons (Fsp3) is 0.321. The minimum atomic E-state index is -0.387. The Bertz CT molecular complexity index is 1510. The second-order valence-corrected chi connectivity index (χ2v) is 10.4. The first kappa shape index (κ1) is 25.8. The molecule has 206 valence electrons. The summed E-state index contributed by atoms with van der Waals surface area (Å²) >= 11 is 1.22. The Morgan fingerprint density at radius 2 is 2.05 bits per heavy atom. The lowest BCUT2D eigenvalue weighted by Gasteiger charge is -2.27. The molecule has 40 heavy (non-hydrogen) atoms. The molecule has 0 saturated carbocycles. The molecular weight excluding hydrogens is 530 g/mol. The number of anilines is 4. The molecule has 1 atom stereocenters. The highest BCUT2D eigenvalue weighted by atomic mass is 32.1. The average molecular weight is 560 g/mol. The second kappa shape index (κ2) is 11.3. The monoisotopic (exact) mass is 559 g/mol. The van der Waals surface area contributed by atoms with E-state index in [1.165, 1.54) is 11.3 Å². The number of aromatic nitrogens is 4. The quantitative estimate of drug-likeness (QED) is 0.284. The predicted octanol–water partition coefficient (Wildman–Crippen LogP) is 4.37. The van der Waals surface area contributed by atoms with Crippen molar-refractivity contribution in [3.8, 4) is 11.5 Å². The molecule has 0 spiro atoms. The zero-order valence-electron chi connectivity index (χ0n) is 22.2. The molecule has 0 fully saturated rings. The lowest BCUT2D eigenvalue weighted by molar-refractivity contribution is 0.0531. The van der Waals surface area contributed by atoms with Gasteiger partial charge < -0.3 is 24.4 Å². The summed E-state index contributed by atoms with van der Waals surface area (Å²) in [6, 6.07) is 11.6. The molecule has 6 rings (SSSR count). The van der Waals surface area contributed by atoms with Gasteiger partial charge in [-0.15, -0.1) is 0 Å². The Morgan fingerprint density at radius 3 is 2.88 bits per heavy atom. The molecule has 3 aromatic heterocycles. The van der Waals surface area contributed by atoms with Crippen LogP contribution in [0.1, 0.15) is 33.4 Å². The number of ether oxygens (including phenoxy) is 3. The fourth-order valence-electron chi connectivity index (χ4n) is 4.69. The number of carbonyl (C=O) groups is 1. The van der Waals surface area contributed by atoms with Gasteiger partial charge in [0.1, 0.15) is 29.2 Å². The standard InChI is InChI=1S/C28H29N7O4S/c1-3-37-26(36)23-17(2)31-28(40-23)34-27-32-24(30-14-19-16-38-21-8-4-5-9-22(21)39-19)20-10-12-35(25(20)33-27)15-18-7-6-11-29-13-18/h4-9,11,13,19H,3,10,12,14-16H2,1-2H3,(H2,30,31,32,33,34). The normalized spacial score (nSPS) is 15.4. The molecular formula is C28H29N7O4S. The van der Waals surface area contributed by atoms with Crippen molar-refractivity contribution in [2.45, 2.75) is 32.9 Å². The molecule has 5 heterocycles. The second-order valence-electron chi connectivity index (χ2n) is 9.39. The summed E-state index contributed by atoms with van der Waals surface area (Å²) in [7, 11) is 0. The Labute approximate surface area is 235 Å². The third kappa shape index (κ3) is 5.48. The number of rotatable bonds is 9. The van der Waals surface area contributed by atoms with Gasteiger partial charge in [0, 0.05) is 31.0 Å². The largest absolute Gasteiger partial charge is 0.486 e. The number of fused-ring (bicyclic) bond motifs is 2. The van der Waals surface area contributed by atoms with E-state index < -0.39 is 0 Å². The van der Waals surface area contributed by atoms with E-state index in [-0.39, 0.29) is 12.1 Å². The summed E-state index contributed by atoms with van der Waals surface area (Å²) in [5.74, 6) is 3.04. The Hall–Kier alpha value is -4.45.